The zero-order chi connectivity index (χ0) is 14.5. The molecule has 0 saturated heterocycles. The van der Waals surface area contributed by atoms with Crippen molar-refractivity contribution >= 4 is 5.69 Å². The summed E-state index contributed by atoms with van der Waals surface area (Å²) in [5, 5.41) is 7.92. The lowest BCUT2D eigenvalue weighted by atomic mass is 10.0. The summed E-state index contributed by atoms with van der Waals surface area (Å²) in [6, 6.07) is 8.90. The normalized spacial score (nSPS) is 11.1. The van der Waals surface area contributed by atoms with Gasteiger partial charge in [0, 0.05) is 19.8 Å². The molecule has 0 aliphatic rings. The highest BCUT2D eigenvalue weighted by Crippen LogP contribution is 2.16. The number of nitrogens with one attached hydrogen (secondary N) is 1. The molecule has 0 bridgehead atoms. The van der Waals surface area contributed by atoms with Gasteiger partial charge in [0.1, 0.15) is 0 Å². The molecule has 0 saturated carbocycles. The second kappa shape index (κ2) is 6.60. The van der Waals surface area contributed by atoms with Gasteiger partial charge in [-0.2, -0.15) is 5.10 Å². The molecule has 2 aromatic rings. The van der Waals surface area contributed by atoms with Crippen molar-refractivity contribution in [3.05, 3.63) is 47.3 Å². The number of nitrogens with zero attached hydrogens (tertiary/aromatic N) is 2. The molecule has 1 aromatic heterocycles. The average Bonchev–Trinajstić information content (AvgIpc) is 2.78. The number of anilines is 1. The first-order chi connectivity index (χ1) is 9.58. The van der Waals surface area contributed by atoms with Gasteiger partial charge in [-0.1, -0.05) is 45.0 Å². The largest absolute Gasteiger partial charge is 0.378 e. The second-order valence-corrected chi connectivity index (χ2v) is 5.78. The summed E-state index contributed by atoms with van der Waals surface area (Å²) in [4.78, 5) is 0. The molecular weight excluding hydrogens is 246 g/mol. The van der Waals surface area contributed by atoms with Gasteiger partial charge in [0.25, 0.3) is 0 Å². The molecule has 0 unspecified atom stereocenters. The summed E-state index contributed by atoms with van der Waals surface area (Å²) < 4.78 is 1.87. The fraction of sp³-hybridized carbons (Fsp3) is 0.471. The van der Waals surface area contributed by atoms with Crippen molar-refractivity contribution in [3.63, 3.8) is 0 Å². The Hall–Kier alpha value is -1.77. The number of aryl methyl sites for hydroxylation is 2. The maximum absolute atomic E-state index is 4.44. The summed E-state index contributed by atoms with van der Waals surface area (Å²) in [6.45, 7) is 7.49. The lowest BCUT2D eigenvalue weighted by Gasteiger charge is -2.08. The topological polar surface area (TPSA) is 29.9 Å². The second-order valence-electron chi connectivity index (χ2n) is 5.78. The van der Waals surface area contributed by atoms with Gasteiger partial charge < -0.3 is 5.32 Å². The highest BCUT2D eigenvalue weighted by Gasteiger charge is 2.05. The Labute approximate surface area is 122 Å². The quantitative estimate of drug-likeness (QED) is 0.866. The average molecular weight is 271 g/mol. The minimum absolute atomic E-state index is 0.710. The van der Waals surface area contributed by atoms with Crippen LogP contribution >= 0.6 is 0 Å². The van der Waals surface area contributed by atoms with Crippen LogP contribution in [0, 0.1) is 5.92 Å². The molecule has 0 radical (unpaired) electrons. The van der Waals surface area contributed by atoms with Crippen molar-refractivity contribution in [2.45, 2.75) is 40.2 Å². The van der Waals surface area contributed by atoms with E-state index in [0.29, 0.717) is 5.92 Å². The van der Waals surface area contributed by atoms with E-state index in [2.05, 4.69) is 55.5 Å². The zero-order valence-corrected chi connectivity index (χ0v) is 13.0. The third-order valence-electron chi connectivity index (χ3n) is 3.39. The molecule has 3 nitrogen and oxygen atoms in total. The van der Waals surface area contributed by atoms with Crippen LogP contribution in [0.3, 0.4) is 0 Å². The van der Waals surface area contributed by atoms with Crippen molar-refractivity contribution in [2.75, 3.05) is 5.32 Å². The fourth-order valence-electron chi connectivity index (χ4n) is 2.41. The summed E-state index contributed by atoms with van der Waals surface area (Å²) in [7, 11) is 1.96. The van der Waals surface area contributed by atoms with E-state index < -0.39 is 0 Å². The predicted octanol–water partition coefficient (Wildman–Crippen LogP) is 3.79. The monoisotopic (exact) mass is 271 g/mol. The van der Waals surface area contributed by atoms with Crippen molar-refractivity contribution in [1.29, 1.82) is 0 Å². The molecular formula is C17H25N3. The summed E-state index contributed by atoms with van der Waals surface area (Å²) in [5.74, 6) is 0.710. The fourth-order valence-corrected chi connectivity index (χ4v) is 2.41. The Bertz CT molecular complexity index is 538. The molecule has 0 spiro atoms. The number of rotatable bonds is 6. The zero-order valence-electron chi connectivity index (χ0n) is 13.0. The van der Waals surface area contributed by atoms with Crippen molar-refractivity contribution in [2.24, 2.45) is 13.0 Å². The highest BCUT2D eigenvalue weighted by molar-refractivity contribution is 5.46. The van der Waals surface area contributed by atoms with E-state index in [1.54, 1.807) is 0 Å². The predicted molar refractivity (Wildman–Crippen MR) is 84.9 cm³/mol. The lowest BCUT2D eigenvalue weighted by molar-refractivity contribution is 0.647. The lowest BCUT2D eigenvalue weighted by Crippen LogP contribution is -2.01. The van der Waals surface area contributed by atoms with Crippen LogP contribution in [0.15, 0.2) is 30.5 Å². The minimum Gasteiger partial charge on any atom is -0.378 e. The van der Waals surface area contributed by atoms with E-state index in [9.17, 15) is 0 Å². The Kier molecular flexibility index (Phi) is 4.83. The van der Waals surface area contributed by atoms with Gasteiger partial charge in [0.15, 0.2) is 0 Å². The third kappa shape index (κ3) is 3.86. The molecule has 0 fully saturated rings. The number of benzene rings is 1. The maximum atomic E-state index is 4.44. The van der Waals surface area contributed by atoms with Crippen LogP contribution in [-0.4, -0.2) is 9.78 Å². The molecule has 1 N–H and O–H groups in total. The number of aromatic nitrogens is 2. The van der Waals surface area contributed by atoms with E-state index in [1.165, 1.54) is 11.1 Å². The Morgan fingerprint density at radius 1 is 1.15 bits per heavy atom. The Balaban J connectivity index is 1.96. The molecule has 0 aliphatic heterocycles. The van der Waals surface area contributed by atoms with Crippen LogP contribution in [0.1, 0.15) is 37.6 Å². The van der Waals surface area contributed by atoms with E-state index >= 15 is 0 Å². The van der Waals surface area contributed by atoms with Crippen LogP contribution in [-0.2, 0) is 26.4 Å². The van der Waals surface area contributed by atoms with Crippen molar-refractivity contribution in [3.8, 4) is 0 Å². The van der Waals surface area contributed by atoms with Gasteiger partial charge in [-0.05, 0) is 29.9 Å². The maximum Gasteiger partial charge on any atom is 0.0853 e. The molecule has 2 rings (SSSR count). The van der Waals surface area contributed by atoms with Gasteiger partial charge in [-0.25, -0.2) is 0 Å². The van der Waals surface area contributed by atoms with E-state index in [0.717, 1.165) is 30.8 Å². The first-order valence-electron chi connectivity index (χ1n) is 7.42. The van der Waals surface area contributed by atoms with Gasteiger partial charge in [0.2, 0.25) is 0 Å². The molecule has 20 heavy (non-hydrogen) atoms. The molecule has 0 amide bonds. The molecule has 1 aromatic carbocycles. The smallest absolute Gasteiger partial charge is 0.0853 e. The van der Waals surface area contributed by atoms with Crippen LogP contribution in [0.2, 0.25) is 0 Å². The van der Waals surface area contributed by atoms with Crippen molar-refractivity contribution in [1.82, 2.24) is 9.78 Å². The van der Waals surface area contributed by atoms with E-state index in [-0.39, 0.29) is 0 Å². The van der Waals surface area contributed by atoms with Crippen molar-refractivity contribution < 1.29 is 0 Å². The van der Waals surface area contributed by atoms with Gasteiger partial charge in [0.05, 0.1) is 11.4 Å². The molecule has 0 atom stereocenters. The van der Waals surface area contributed by atoms with E-state index in [1.807, 2.05) is 17.9 Å². The minimum atomic E-state index is 0.710. The molecule has 0 aliphatic carbocycles. The van der Waals surface area contributed by atoms with E-state index in [4.69, 9.17) is 0 Å². The van der Waals surface area contributed by atoms with Crippen LogP contribution in [0.4, 0.5) is 5.69 Å². The summed E-state index contributed by atoms with van der Waals surface area (Å²) in [6.07, 6.45) is 4.15. The molecule has 3 heteroatoms. The Morgan fingerprint density at radius 2 is 1.80 bits per heavy atom. The highest BCUT2D eigenvalue weighted by atomic mass is 15.3. The standard InChI is InChI=1S/C17H25N3/c1-5-16-17(12-20(4)19-16)18-11-15-8-6-14(7-9-15)10-13(2)3/h6-9,12-13,18H,5,10-11H2,1-4H3. The third-order valence-corrected chi connectivity index (χ3v) is 3.39. The first-order valence-corrected chi connectivity index (χ1v) is 7.42. The molecule has 1 heterocycles. The number of hydrogen-bond acceptors (Lipinski definition) is 2. The van der Waals surface area contributed by atoms with Gasteiger partial charge >= 0.3 is 0 Å². The van der Waals surface area contributed by atoms with Gasteiger partial charge in [-0.3, -0.25) is 4.68 Å². The Morgan fingerprint density at radius 3 is 2.40 bits per heavy atom. The van der Waals surface area contributed by atoms with Crippen LogP contribution in [0.25, 0.3) is 0 Å². The summed E-state index contributed by atoms with van der Waals surface area (Å²) >= 11 is 0. The molecule has 108 valence electrons. The van der Waals surface area contributed by atoms with Gasteiger partial charge in [-0.15, -0.1) is 0 Å². The summed E-state index contributed by atoms with van der Waals surface area (Å²) in [5.41, 5.74) is 4.99. The SMILES string of the molecule is CCc1nn(C)cc1NCc1ccc(CC(C)C)cc1. The van der Waals surface area contributed by atoms with Crippen LogP contribution < -0.4 is 5.32 Å². The number of hydrogen-bond donors (Lipinski definition) is 1. The van der Waals surface area contributed by atoms with Crippen LogP contribution in [0.5, 0.6) is 0 Å². The first kappa shape index (κ1) is 14.6.